The molecule has 1 aromatic rings. The van der Waals surface area contributed by atoms with Crippen LogP contribution < -0.4 is 5.73 Å². The van der Waals surface area contributed by atoms with Gasteiger partial charge in [0.05, 0.1) is 13.2 Å². The van der Waals surface area contributed by atoms with E-state index in [0.717, 1.165) is 10.2 Å². The van der Waals surface area contributed by atoms with Crippen molar-refractivity contribution in [2.75, 3.05) is 18.9 Å². The minimum absolute atomic E-state index is 0.290. The van der Waals surface area contributed by atoms with Gasteiger partial charge in [-0.05, 0) is 32.0 Å². The largest absolute Gasteiger partial charge is 0.466 e. The number of halogens is 1. The second kappa shape index (κ2) is 10.4. The van der Waals surface area contributed by atoms with Gasteiger partial charge in [0.2, 0.25) is 0 Å². The van der Waals surface area contributed by atoms with Gasteiger partial charge in [-0.1, -0.05) is 22.0 Å². The van der Waals surface area contributed by atoms with Crippen molar-refractivity contribution in [3.8, 4) is 0 Å². The highest BCUT2D eigenvalue weighted by Gasteiger charge is 2.09. The Balaban J connectivity index is 0.000000356. The smallest absolute Gasteiger partial charge is 0.317 e. The predicted molar refractivity (Wildman–Crippen MR) is 76.4 cm³/mol. The van der Waals surface area contributed by atoms with Crippen LogP contribution in [0.4, 0.5) is 5.69 Å². The Morgan fingerprint density at radius 2 is 1.68 bits per heavy atom. The maximum absolute atomic E-state index is 10.6. The fourth-order valence-corrected chi connectivity index (χ4v) is 1.47. The monoisotopic (exact) mass is 331 g/mol. The average Bonchev–Trinajstić information content (AvgIpc) is 2.29. The Morgan fingerprint density at radius 3 is 2.00 bits per heavy atom. The molecule has 6 heteroatoms. The molecule has 0 aliphatic carbocycles. The summed E-state index contributed by atoms with van der Waals surface area (Å²) >= 11 is 3.28. The Kier molecular flexibility index (Phi) is 9.52. The Hall–Kier alpha value is -1.56. The summed E-state index contributed by atoms with van der Waals surface area (Å²) in [6.45, 7) is 3.95. The van der Waals surface area contributed by atoms with Crippen LogP contribution in [0.15, 0.2) is 28.7 Å². The van der Waals surface area contributed by atoms with Crippen LogP contribution in [0.5, 0.6) is 0 Å². The Labute approximate surface area is 121 Å². The summed E-state index contributed by atoms with van der Waals surface area (Å²) < 4.78 is 10.1. The van der Waals surface area contributed by atoms with Gasteiger partial charge in [-0.3, -0.25) is 9.59 Å². The summed E-state index contributed by atoms with van der Waals surface area (Å²) in [7, 11) is 0. The molecule has 0 radical (unpaired) electrons. The Bertz CT molecular complexity index is 376. The molecule has 0 spiro atoms. The zero-order chi connectivity index (χ0) is 14.7. The van der Waals surface area contributed by atoms with Gasteiger partial charge < -0.3 is 15.2 Å². The Morgan fingerprint density at radius 1 is 1.16 bits per heavy atom. The maximum Gasteiger partial charge on any atom is 0.317 e. The molecule has 0 unspecified atom stereocenters. The van der Waals surface area contributed by atoms with Gasteiger partial charge in [-0.25, -0.2) is 0 Å². The SMILES string of the molecule is CCOC(=O)CC(=O)OCC.Nc1cccc(Br)c1. The van der Waals surface area contributed by atoms with Crippen LogP contribution >= 0.6 is 15.9 Å². The zero-order valence-corrected chi connectivity index (χ0v) is 12.6. The molecule has 0 aliphatic rings. The molecule has 0 amide bonds. The number of hydrogen-bond donors (Lipinski definition) is 1. The van der Waals surface area contributed by atoms with Crippen LogP contribution in [-0.2, 0) is 19.1 Å². The molecule has 0 bridgehead atoms. The molecule has 2 N–H and O–H groups in total. The number of carbonyl (C=O) groups is 2. The highest BCUT2D eigenvalue weighted by Crippen LogP contribution is 2.11. The van der Waals surface area contributed by atoms with Crippen molar-refractivity contribution in [2.24, 2.45) is 0 Å². The fourth-order valence-electron chi connectivity index (χ4n) is 1.05. The van der Waals surface area contributed by atoms with E-state index in [2.05, 4.69) is 25.4 Å². The van der Waals surface area contributed by atoms with Crippen LogP contribution in [0.2, 0.25) is 0 Å². The fraction of sp³-hybridized carbons (Fsp3) is 0.385. The lowest BCUT2D eigenvalue weighted by atomic mass is 10.3. The number of hydrogen-bond acceptors (Lipinski definition) is 5. The van der Waals surface area contributed by atoms with Gasteiger partial charge in [0.1, 0.15) is 6.42 Å². The number of benzene rings is 1. The lowest BCUT2D eigenvalue weighted by Crippen LogP contribution is -2.13. The van der Waals surface area contributed by atoms with E-state index in [1.807, 2.05) is 24.3 Å². The molecule has 1 aromatic carbocycles. The minimum Gasteiger partial charge on any atom is -0.466 e. The first-order chi connectivity index (χ1) is 8.99. The molecule has 0 saturated carbocycles. The third kappa shape index (κ3) is 10.1. The number of anilines is 1. The minimum atomic E-state index is -0.536. The predicted octanol–water partition coefficient (Wildman–Crippen LogP) is 2.53. The molecule has 106 valence electrons. The number of esters is 2. The van der Waals surface area contributed by atoms with Gasteiger partial charge >= 0.3 is 11.9 Å². The normalized spacial score (nSPS) is 9.00. The number of carbonyl (C=O) groups excluding carboxylic acids is 2. The number of nitrogens with two attached hydrogens (primary N) is 1. The highest BCUT2D eigenvalue weighted by atomic mass is 79.9. The van der Waals surface area contributed by atoms with Crippen molar-refractivity contribution in [1.29, 1.82) is 0 Å². The topological polar surface area (TPSA) is 78.6 Å². The summed E-state index contributed by atoms with van der Waals surface area (Å²) in [6.07, 6.45) is -0.290. The zero-order valence-electron chi connectivity index (χ0n) is 11.0. The molecular formula is C13H18BrNO4. The van der Waals surface area contributed by atoms with E-state index in [0.29, 0.717) is 0 Å². The van der Waals surface area contributed by atoms with Crippen LogP contribution in [-0.4, -0.2) is 25.2 Å². The molecule has 0 atom stereocenters. The van der Waals surface area contributed by atoms with E-state index >= 15 is 0 Å². The molecule has 0 aromatic heterocycles. The van der Waals surface area contributed by atoms with Gasteiger partial charge in [0.15, 0.2) is 0 Å². The van der Waals surface area contributed by atoms with Crippen molar-refractivity contribution in [1.82, 2.24) is 0 Å². The molecule has 0 aliphatic heterocycles. The van der Waals surface area contributed by atoms with Crippen molar-refractivity contribution < 1.29 is 19.1 Å². The van der Waals surface area contributed by atoms with E-state index in [4.69, 9.17) is 5.73 Å². The molecular weight excluding hydrogens is 314 g/mol. The van der Waals surface area contributed by atoms with Gasteiger partial charge in [-0.2, -0.15) is 0 Å². The van der Waals surface area contributed by atoms with Gasteiger partial charge in [-0.15, -0.1) is 0 Å². The van der Waals surface area contributed by atoms with E-state index < -0.39 is 11.9 Å². The van der Waals surface area contributed by atoms with Crippen molar-refractivity contribution in [3.63, 3.8) is 0 Å². The number of ether oxygens (including phenoxy) is 2. The van der Waals surface area contributed by atoms with Crippen molar-refractivity contribution in [3.05, 3.63) is 28.7 Å². The third-order valence-electron chi connectivity index (χ3n) is 1.75. The van der Waals surface area contributed by atoms with E-state index in [-0.39, 0.29) is 19.6 Å². The van der Waals surface area contributed by atoms with Crippen molar-refractivity contribution >= 4 is 33.6 Å². The standard InChI is InChI=1S/C7H12O4.C6H6BrN/c1-3-10-6(8)5-7(9)11-4-2;7-5-2-1-3-6(8)4-5/h3-5H2,1-2H3;1-4H,8H2. The second-order valence-electron chi connectivity index (χ2n) is 3.34. The van der Waals surface area contributed by atoms with Crippen molar-refractivity contribution in [2.45, 2.75) is 20.3 Å². The van der Waals surface area contributed by atoms with Gasteiger partial charge in [0, 0.05) is 10.2 Å². The third-order valence-corrected chi connectivity index (χ3v) is 2.24. The first kappa shape index (κ1) is 17.4. The summed E-state index contributed by atoms with van der Waals surface area (Å²) in [5.74, 6) is -1.07. The molecule has 19 heavy (non-hydrogen) atoms. The van der Waals surface area contributed by atoms with Crippen LogP contribution in [0, 0.1) is 0 Å². The maximum atomic E-state index is 10.6. The van der Waals surface area contributed by atoms with E-state index in [1.165, 1.54) is 0 Å². The van der Waals surface area contributed by atoms with Gasteiger partial charge in [0.25, 0.3) is 0 Å². The second-order valence-corrected chi connectivity index (χ2v) is 4.26. The molecule has 1 rings (SSSR count). The summed E-state index contributed by atoms with van der Waals surface area (Å²) in [5.41, 5.74) is 6.22. The van der Waals surface area contributed by atoms with Crippen LogP contribution in [0.1, 0.15) is 20.3 Å². The summed E-state index contributed by atoms with van der Waals surface area (Å²) in [5, 5.41) is 0. The highest BCUT2D eigenvalue weighted by molar-refractivity contribution is 9.10. The molecule has 0 heterocycles. The van der Waals surface area contributed by atoms with Crippen LogP contribution in [0.25, 0.3) is 0 Å². The molecule has 5 nitrogen and oxygen atoms in total. The quantitative estimate of drug-likeness (QED) is 0.521. The van der Waals surface area contributed by atoms with Crippen LogP contribution in [0.3, 0.4) is 0 Å². The average molecular weight is 332 g/mol. The number of nitrogen functional groups attached to an aromatic ring is 1. The summed E-state index contributed by atoms with van der Waals surface area (Å²) in [6, 6.07) is 7.56. The lowest BCUT2D eigenvalue weighted by Gasteiger charge is -2.00. The first-order valence-electron chi connectivity index (χ1n) is 5.81. The first-order valence-corrected chi connectivity index (χ1v) is 6.61. The van der Waals surface area contributed by atoms with E-state index in [1.54, 1.807) is 13.8 Å². The summed E-state index contributed by atoms with van der Waals surface area (Å²) in [4.78, 5) is 21.2. The lowest BCUT2D eigenvalue weighted by molar-refractivity contribution is -0.153. The number of rotatable bonds is 4. The van der Waals surface area contributed by atoms with E-state index in [9.17, 15) is 9.59 Å². The molecule has 0 fully saturated rings. The molecule has 0 saturated heterocycles.